The number of ether oxygens (including phenoxy) is 1. The molecule has 5 unspecified atom stereocenters. The molecule has 0 aromatic carbocycles. The molecule has 0 bridgehead atoms. The first-order valence-electron chi connectivity index (χ1n) is 26.3. The second-order valence-corrected chi connectivity index (χ2v) is 20.4. The zero-order valence-electron chi connectivity index (χ0n) is 44.0. The molecule has 4 aliphatic heterocycles. The number of carboxylic acids is 2. The Morgan fingerprint density at radius 3 is 1.83 bits per heavy atom. The number of guanidine groups is 1. The van der Waals surface area contributed by atoms with Crippen molar-refractivity contribution in [2.24, 2.45) is 22.4 Å². The number of aliphatic imine (C=N–C) groups is 1. The smallest absolute Gasteiger partial charge is 0.335 e. The SMILES string of the molecule is CC(C)CCCCCCC1CC(=O)N[C@@H](C(C)O)C(=O)N2CCC[C@H]2C(=O)N2CCC[C@H]2C(=O)N[C@@H](CCCN=C(N)N)C(=O)N[C@@H](C(O)C(=O)O)C(=O)N[C@@H](CO)C(=O)N2CCC(O)[C@H]2C(=O)N[C@@H](C(O)C(=O)O)C(=O)O1. The molecule has 4 heterocycles. The number of hydrogen-bond donors (Lipinski definition) is 14. The topological polar surface area (TPSA) is 473 Å². The lowest BCUT2D eigenvalue weighted by atomic mass is 10.0. The summed E-state index contributed by atoms with van der Waals surface area (Å²) in [6, 6.07) is -14.9. The van der Waals surface area contributed by atoms with Crippen molar-refractivity contribution < 1.29 is 93.2 Å². The second kappa shape index (κ2) is 29.8. The predicted octanol–water partition coefficient (Wildman–Crippen LogP) is -6.02. The maximum absolute atomic E-state index is 14.4. The van der Waals surface area contributed by atoms with Crippen LogP contribution in [-0.4, -0.2) is 233 Å². The van der Waals surface area contributed by atoms with E-state index < -0.39 is 164 Å². The normalized spacial score (nSPS) is 28.8. The summed E-state index contributed by atoms with van der Waals surface area (Å²) in [5.74, 6) is -14.7. The van der Waals surface area contributed by atoms with Gasteiger partial charge in [0, 0.05) is 26.2 Å². The molecule has 13 atom stereocenters. The van der Waals surface area contributed by atoms with Crippen LogP contribution in [0.5, 0.6) is 0 Å². The number of carboxylic acid groups (broad SMARTS) is 2. The Balaban J connectivity index is 1.80. The Kier molecular flexibility index (Phi) is 24.4. The van der Waals surface area contributed by atoms with Gasteiger partial charge in [-0.15, -0.1) is 0 Å². The number of aliphatic hydroxyl groups is 5. The number of nitrogens with one attached hydrogen (secondary N) is 5. The Bertz CT molecular complexity index is 2210. The van der Waals surface area contributed by atoms with Crippen molar-refractivity contribution in [2.75, 3.05) is 32.8 Å². The maximum Gasteiger partial charge on any atom is 0.335 e. The van der Waals surface area contributed by atoms with Crippen LogP contribution in [-0.2, 0) is 57.5 Å². The standard InChI is InChI=1S/C48H77N11O19/c1-23(2)11-6-4-5-7-12-25-21-31(63)54-32(24(3)61)44(72)58-19-10-15-29(58)43(71)57-18-9-14-28(57)39(67)52-26(13-8-17-51-48(49)50)38(66)55-33(36(64)45(73)74)40(68)53-27(22-60)42(70)59-20-16-30(62)35(59)41(69)56-34(47(77)78-25)37(65)46(75)76/h23-30,32-37,60-62,64-65H,4-22H2,1-3H3,(H,52,67)(H,53,68)(H,54,63)(H,55,66)(H,56,69)(H,73,74)(H,75,76)(H4,49,50,51)/t24?,25?,26-,27-,28-,29-,30?,32-,33-,34-,35-,36?,37?/m0/s1. The molecule has 16 N–H and O–H groups in total. The van der Waals surface area contributed by atoms with Crippen LogP contribution in [0.15, 0.2) is 4.99 Å². The quantitative estimate of drug-likeness (QED) is 0.0279. The fourth-order valence-electron chi connectivity index (χ4n) is 9.87. The van der Waals surface area contributed by atoms with Gasteiger partial charge >= 0.3 is 17.9 Å². The number of cyclic esters (lactones) is 1. The van der Waals surface area contributed by atoms with E-state index in [9.17, 15) is 88.5 Å². The first-order chi connectivity index (χ1) is 36.8. The third-order valence-electron chi connectivity index (χ3n) is 14.0. The fourth-order valence-corrected chi connectivity index (χ4v) is 9.87. The average Bonchev–Trinajstić information content (AvgIpc) is 4.18. The predicted molar refractivity (Wildman–Crippen MR) is 268 cm³/mol. The molecule has 0 aliphatic carbocycles. The number of aliphatic carboxylic acids is 2. The van der Waals surface area contributed by atoms with Crippen LogP contribution >= 0.6 is 0 Å². The highest BCUT2D eigenvalue weighted by Crippen LogP contribution is 2.27. The van der Waals surface area contributed by atoms with E-state index in [0.29, 0.717) is 23.7 Å². The molecule has 0 aromatic rings. The van der Waals surface area contributed by atoms with E-state index in [2.05, 4.69) is 34.8 Å². The molecule has 8 amide bonds. The van der Waals surface area contributed by atoms with E-state index >= 15 is 0 Å². The second-order valence-electron chi connectivity index (χ2n) is 20.4. The highest BCUT2D eigenvalue weighted by molar-refractivity contribution is 6.00. The molecular weight excluding hydrogens is 1030 g/mol. The average molecular weight is 1110 g/mol. The number of nitrogens with zero attached hydrogens (tertiary/aromatic N) is 4. The van der Waals surface area contributed by atoms with E-state index in [4.69, 9.17) is 16.2 Å². The van der Waals surface area contributed by atoms with Crippen LogP contribution in [0.3, 0.4) is 0 Å². The number of nitrogens with two attached hydrogens (primary N) is 2. The van der Waals surface area contributed by atoms with Crippen molar-refractivity contribution in [3.63, 3.8) is 0 Å². The number of carbonyl (C=O) groups is 11. The minimum absolute atomic E-state index is 0.00810. The Morgan fingerprint density at radius 2 is 1.23 bits per heavy atom. The Morgan fingerprint density at radius 1 is 0.641 bits per heavy atom. The summed E-state index contributed by atoms with van der Waals surface area (Å²) in [6.45, 7) is 3.40. The van der Waals surface area contributed by atoms with Gasteiger partial charge in [-0.05, 0) is 70.6 Å². The van der Waals surface area contributed by atoms with Crippen LogP contribution < -0.4 is 38.1 Å². The van der Waals surface area contributed by atoms with Crippen LogP contribution in [0.4, 0.5) is 0 Å². The number of aliphatic hydroxyl groups excluding tert-OH is 5. The van der Waals surface area contributed by atoms with E-state index in [-0.39, 0.29) is 77.0 Å². The van der Waals surface area contributed by atoms with E-state index in [1.807, 2.05) is 10.6 Å². The molecule has 438 valence electrons. The largest absolute Gasteiger partial charge is 0.479 e. The number of fused-ring (bicyclic) bond motifs is 3. The third-order valence-corrected chi connectivity index (χ3v) is 14.0. The van der Waals surface area contributed by atoms with Gasteiger partial charge in [-0.3, -0.25) is 43.3 Å². The zero-order chi connectivity index (χ0) is 58.1. The van der Waals surface area contributed by atoms with Crippen molar-refractivity contribution in [2.45, 2.75) is 190 Å². The van der Waals surface area contributed by atoms with Gasteiger partial charge < -0.3 is 93.2 Å². The lowest BCUT2D eigenvalue weighted by Crippen LogP contribution is -2.64. The summed E-state index contributed by atoms with van der Waals surface area (Å²) in [7, 11) is 0. The summed E-state index contributed by atoms with van der Waals surface area (Å²) in [6.07, 6.45) is -7.62. The van der Waals surface area contributed by atoms with Crippen LogP contribution in [0.2, 0.25) is 0 Å². The Labute approximate surface area is 449 Å². The molecule has 78 heavy (non-hydrogen) atoms. The summed E-state index contributed by atoms with van der Waals surface area (Å²) in [4.78, 5) is 158. The molecule has 4 saturated heterocycles. The summed E-state index contributed by atoms with van der Waals surface area (Å²) in [5, 5.41) is 84.6. The van der Waals surface area contributed by atoms with Gasteiger partial charge in [0.25, 0.3) is 0 Å². The van der Waals surface area contributed by atoms with Crippen LogP contribution in [0.25, 0.3) is 0 Å². The molecule has 4 aliphatic rings. The fraction of sp³-hybridized carbons (Fsp3) is 0.750. The molecule has 30 nitrogen and oxygen atoms in total. The summed E-state index contributed by atoms with van der Waals surface area (Å²) < 4.78 is 5.62. The lowest BCUT2D eigenvalue weighted by Gasteiger charge is -2.34. The van der Waals surface area contributed by atoms with Gasteiger partial charge in [0.15, 0.2) is 24.2 Å². The number of esters is 1. The van der Waals surface area contributed by atoms with E-state index in [1.54, 1.807) is 0 Å². The van der Waals surface area contributed by atoms with Gasteiger partial charge in [0.1, 0.15) is 48.4 Å². The monoisotopic (exact) mass is 1110 g/mol. The van der Waals surface area contributed by atoms with Crippen molar-refractivity contribution >= 4 is 71.1 Å². The Hall–Kier alpha value is -6.76. The van der Waals surface area contributed by atoms with Crippen molar-refractivity contribution in [3.8, 4) is 0 Å². The molecule has 0 spiro atoms. The molecule has 0 radical (unpaired) electrons. The third kappa shape index (κ3) is 17.4. The summed E-state index contributed by atoms with van der Waals surface area (Å²) >= 11 is 0. The molecular formula is C48H77N11O19. The van der Waals surface area contributed by atoms with E-state index in [0.717, 1.165) is 24.2 Å². The maximum atomic E-state index is 14.4. The van der Waals surface area contributed by atoms with Gasteiger partial charge in [-0.25, -0.2) is 14.4 Å². The van der Waals surface area contributed by atoms with Crippen LogP contribution in [0.1, 0.15) is 111 Å². The number of hydrogen-bond acceptors (Lipinski definition) is 18. The minimum Gasteiger partial charge on any atom is -0.479 e. The van der Waals surface area contributed by atoms with Crippen molar-refractivity contribution in [1.82, 2.24) is 41.3 Å². The molecule has 30 heteroatoms. The highest BCUT2D eigenvalue weighted by Gasteiger charge is 2.48. The minimum atomic E-state index is -2.76. The zero-order valence-corrected chi connectivity index (χ0v) is 44.0. The number of amides is 8. The van der Waals surface area contributed by atoms with Crippen molar-refractivity contribution in [3.05, 3.63) is 0 Å². The van der Waals surface area contributed by atoms with Gasteiger partial charge in [0.2, 0.25) is 47.3 Å². The number of carbonyl (C=O) groups excluding carboxylic acids is 9. The highest BCUT2D eigenvalue weighted by atomic mass is 16.5. The summed E-state index contributed by atoms with van der Waals surface area (Å²) in [5.41, 5.74) is 10.9. The molecule has 4 fully saturated rings. The first-order valence-corrected chi connectivity index (χ1v) is 26.3. The van der Waals surface area contributed by atoms with E-state index in [1.165, 1.54) is 11.8 Å². The van der Waals surface area contributed by atoms with Gasteiger partial charge in [0.05, 0.1) is 25.2 Å². The van der Waals surface area contributed by atoms with Crippen molar-refractivity contribution in [1.29, 1.82) is 0 Å². The molecule has 0 aromatic heterocycles. The number of rotatable bonds is 17. The van der Waals surface area contributed by atoms with Gasteiger partial charge in [-0.2, -0.15) is 0 Å². The first kappa shape index (κ1) is 63.8. The molecule has 0 saturated carbocycles. The lowest BCUT2D eigenvalue weighted by molar-refractivity contribution is -0.165. The van der Waals surface area contributed by atoms with Crippen LogP contribution in [0, 0.1) is 5.92 Å². The van der Waals surface area contributed by atoms with Gasteiger partial charge in [-0.1, -0.05) is 39.5 Å². The molecule has 4 rings (SSSR count). The number of unbranched alkanes of at least 4 members (excludes halogenated alkanes) is 3.